The summed E-state index contributed by atoms with van der Waals surface area (Å²) in [5.74, 6) is 1.30. The van der Waals surface area contributed by atoms with Crippen LogP contribution in [0.25, 0.3) is 0 Å². The number of carbonyl (C=O) groups excluding carboxylic acids is 1. The molecule has 1 aliphatic rings. The predicted octanol–water partition coefficient (Wildman–Crippen LogP) is 5.45. The van der Waals surface area contributed by atoms with E-state index in [-0.39, 0.29) is 17.7 Å². The Kier molecular flexibility index (Phi) is 8.25. The Hall–Kier alpha value is -2.83. The first-order chi connectivity index (χ1) is 16.5. The smallest absolute Gasteiger partial charge is 0.263 e. The molecule has 0 spiro atoms. The van der Waals surface area contributed by atoms with Crippen molar-refractivity contribution in [2.45, 2.75) is 38.8 Å². The maximum Gasteiger partial charge on any atom is 0.263 e. The third-order valence-corrected chi connectivity index (χ3v) is 7.60. The fourth-order valence-electron chi connectivity index (χ4n) is 4.88. The molecule has 1 atom stereocenters. The highest BCUT2D eigenvalue weighted by atomic mass is 32.1. The lowest BCUT2D eigenvalue weighted by Gasteiger charge is -2.40. The number of piperidine rings is 1. The quantitative estimate of drug-likeness (QED) is 0.444. The molecule has 2 aromatic carbocycles. The van der Waals surface area contributed by atoms with Gasteiger partial charge in [0.15, 0.2) is 11.5 Å². The van der Waals surface area contributed by atoms with Crippen LogP contribution in [0, 0.1) is 5.92 Å². The minimum Gasteiger partial charge on any atom is -0.504 e. The topological polar surface area (TPSA) is 53.0 Å². The van der Waals surface area contributed by atoms with Gasteiger partial charge in [0.25, 0.3) is 5.91 Å². The Morgan fingerprint density at radius 2 is 1.88 bits per heavy atom. The lowest BCUT2D eigenvalue weighted by molar-refractivity contribution is 0.0589. The number of aromatic hydroxyl groups is 1. The Balaban J connectivity index is 1.43. The molecule has 34 heavy (non-hydrogen) atoms. The molecule has 4 rings (SSSR count). The monoisotopic (exact) mass is 478 g/mol. The lowest BCUT2D eigenvalue weighted by Crippen LogP contribution is -2.47. The largest absolute Gasteiger partial charge is 0.504 e. The van der Waals surface area contributed by atoms with Crippen LogP contribution in [0.2, 0.25) is 0 Å². The van der Waals surface area contributed by atoms with E-state index in [4.69, 9.17) is 4.74 Å². The number of likely N-dealkylation sites (N-methyl/N-ethyl adjacent to an activating group) is 1. The van der Waals surface area contributed by atoms with Gasteiger partial charge in [0.05, 0.1) is 11.5 Å². The molecule has 1 aromatic heterocycles. The first kappa shape index (κ1) is 24.3. The van der Waals surface area contributed by atoms with Gasteiger partial charge in [-0.1, -0.05) is 42.5 Å². The molecular weight excluding hydrogens is 444 g/mol. The van der Waals surface area contributed by atoms with E-state index in [0.29, 0.717) is 18.3 Å². The summed E-state index contributed by atoms with van der Waals surface area (Å²) in [5, 5.41) is 11.9. The van der Waals surface area contributed by atoms with Crippen LogP contribution in [0.3, 0.4) is 0 Å². The molecule has 1 fully saturated rings. The number of benzene rings is 2. The number of amides is 1. The van der Waals surface area contributed by atoms with Gasteiger partial charge in [0, 0.05) is 19.6 Å². The predicted molar refractivity (Wildman–Crippen MR) is 138 cm³/mol. The highest BCUT2D eigenvalue weighted by molar-refractivity contribution is 7.12. The van der Waals surface area contributed by atoms with Crippen molar-refractivity contribution in [3.63, 3.8) is 0 Å². The molecule has 180 valence electrons. The number of phenols is 1. The van der Waals surface area contributed by atoms with Gasteiger partial charge in [0.2, 0.25) is 0 Å². The highest BCUT2D eigenvalue weighted by Crippen LogP contribution is 2.30. The van der Waals surface area contributed by atoms with Crippen LogP contribution in [0.5, 0.6) is 11.5 Å². The summed E-state index contributed by atoms with van der Waals surface area (Å²) >= 11 is 1.51. The molecule has 2 heterocycles. The van der Waals surface area contributed by atoms with E-state index in [1.807, 2.05) is 54.6 Å². The van der Waals surface area contributed by atoms with E-state index in [0.717, 1.165) is 49.3 Å². The first-order valence-electron chi connectivity index (χ1n) is 12.1. The van der Waals surface area contributed by atoms with Gasteiger partial charge in [-0.15, -0.1) is 11.3 Å². The molecular formula is C28H34N2O3S. The zero-order valence-electron chi connectivity index (χ0n) is 20.0. The fourth-order valence-corrected chi connectivity index (χ4v) is 5.59. The van der Waals surface area contributed by atoms with Crippen molar-refractivity contribution in [2.24, 2.45) is 5.92 Å². The number of carbonyl (C=O) groups is 1. The third kappa shape index (κ3) is 5.99. The summed E-state index contributed by atoms with van der Waals surface area (Å²) in [7, 11) is 1.97. The second kappa shape index (κ2) is 11.5. The van der Waals surface area contributed by atoms with E-state index in [9.17, 15) is 9.90 Å². The molecule has 1 N–H and O–H groups in total. The van der Waals surface area contributed by atoms with Gasteiger partial charge in [0.1, 0.15) is 0 Å². The summed E-state index contributed by atoms with van der Waals surface area (Å²) in [6.07, 6.45) is 2.97. The molecule has 1 saturated heterocycles. The number of likely N-dealkylation sites (tertiary alicyclic amines) is 1. The minimum atomic E-state index is 0.117. The van der Waals surface area contributed by atoms with E-state index in [1.54, 1.807) is 6.07 Å². The van der Waals surface area contributed by atoms with Crippen LogP contribution in [-0.2, 0) is 13.0 Å². The molecule has 1 unspecified atom stereocenters. The molecule has 0 aliphatic carbocycles. The number of thiophene rings is 1. The van der Waals surface area contributed by atoms with Crippen molar-refractivity contribution in [1.82, 2.24) is 9.80 Å². The maximum atomic E-state index is 13.2. The number of hydrogen-bond acceptors (Lipinski definition) is 5. The molecule has 1 amide bonds. The van der Waals surface area contributed by atoms with Gasteiger partial charge >= 0.3 is 0 Å². The molecule has 0 saturated carbocycles. The first-order valence-corrected chi connectivity index (χ1v) is 12.9. The Bertz CT molecular complexity index is 1050. The van der Waals surface area contributed by atoms with Crippen molar-refractivity contribution in [1.29, 1.82) is 0 Å². The standard InChI is InChI=1S/C28H34N2O3S/c1-3-33-26-19-22(11-12-25(26)31)20-30-15-13-23(14-16-30)24(18-21-8-5-4-6-9-21)29(2)28(32)27-10-7-17-34-27/h4-12,17,19,23-24,31H,3,13-16,18,20H2,1-2H3. The average molecular weight is 479 g/mol. The van der Waals surface area contributed by atoms with E-state index in [2.05, 4.69) is 29.2 Å². The molecule has 1 aliphatic heterocycles. The molecule has 6 heteroatoms. The molecule has 0 radical (unpaired) electrons. The lowest BCUT2D eigenvalue weighted by atomic mass is 9.84. The van der Waals surface area contributed by atoms with Gasteiger partial charge in [-0.05, 0) is 79.9 Å². The molecule has 5 nitrogen and oxygen atoms in total. The molecule has 0 bridgehead atoms. The van der Waals surface area contributed by atoms with Crippen LogP contribution in [-0.4, -0.2) is 53.6 Å². The second-order valence-electron chi connectivity index (χ2n) is 9.00. The summed E-state index contributed by atoms with van der Waals surface area (Å²) in [6, 6.07) is 20.2. The van der Waals surface area contributed by atoms with Gasteiger partial charge < -0.3 is 14.7 Å². The zero-order valence-corrected chi connectivity index (χ0v) is 20.8. The van der Waals surface area contributed by atoms with Crippen molar-refractivity contribution in [2.75, 3.05) is 26.7 Å². The number of hydrogen-bond donors (Lipinski definition) is 1. The third-order valence-electron chi connectivity index (χ3n) is 6.74. The van der Waals surface area contributed by atoms with Crippen molar-refractivity contribution < 1.29 is 14.6 Å². The summed E-state index contributed by atoms with van der Waals surface area (Å²) < 4.78 is 5.55. The maximum absolute atomic E-state index is 13.2. The second-order valence-corrected chi connectivity index (χ2v) is 9.95. The normalized spacial score (nSPS) is 15.7. The van der Waals surface area contributed by atoms with Crippen LogP contribution >= 0.6 is 11.3 Å². The number of nitrogens with zero attached hydrogens (tertiary/aromatic N) is 2. The summed E-state index contributed by atoms with van der Waals surface area (Å²) in [4.78, 5) is 18.4. The fraction of sp³-hybridized carbons (Fsp3) is 0.393. The van der Waals surface area contributed by atoms with Gasteiger partial charge in [-0.3, -0.25) is 9.69 Å². The Morgan fingerprint density at radius 1 is 1.12 bits per heavy atom. The van der Waals surface area contributed by atoms with Crippen LogP contribution in [0.1, 0.15) is 40.6 Å². The van der Waals surface area contributed by atoms with E-state index >= 15 is 0 Å². The number of ether oxygens (including phenoxy) is 1. The van der Waals surface area contributed by atoms with E-state index in [1.165, 1.54) is 16.9 Å². The molecule has 3 aromatic rings. The average Bonchev–Trinajstić information content (AvgIpc) is 3.40. The number of phenolic OH excluding ortho intramolecular Hbond substituents is 1. The van der Waals surface area contributed by atoms with E-state index < -0.39 is 0 Å². The van der Waals surface area contributed by atoms with Gasteiger partial charge in [-0.2, -0.15) is 0 Å². The SMILES string of the molecule is CCOc1cc(CN2CCC(C(Cc3ccccc3)N(C)C(=O)c3cccs3)CC2)ccc1O. The van der Waals surface area contributed by atoms with Gasteiger partial charge in [-0.25, -0.2) is 0 Å². The summed E-state index contributed by atoms with van der Waals surface area (Å²) in [5.41, 5.74) is 2.42. The van der Waals surface area contributed by atoms with Crippen molar-refractivity contribution >= 4 is 17.2 Å². The van der Waals surface area contributed by atoms with Crippen LogP contribution < -0.4 is 4.74 Å². The summed E-state index contributed by atoms with van der Waals surface area (Å²) in [6.45, 7) is 5.26. The minimum absolute atomic E-state index is 0.117. The van der Waals surface area contributed by atoms with Crippen LogP contribution in [0.4, 0.5) is 0 Å². The Labute approximate surface area is 206 Å². The van der Waals surface area contributed by atoms with Crippen molar-refractivity contribution in [3.05, 3.63) is 82.0 Å². The van der Waals surface area contributed by atoms with Crippen molar-refractivity contribution in [3.8, 4) is 11.5 Å². The van der Waals surface area contributed by atoms with Crippen LogP contribution in [0.15, 0.2) is 66.0 Å². The zero-order chi connectivity index (χ0) is 23.9. The Morgan fingerprint density at radius 3 is 2.56 bits per heavy atom. The number of rotatable bonds is 9. The highest BCUT2D eigenvalue weighted by Gasteiger charge is 2.32.